The maximum absolute atomic E-state index is 12.0. The fraction of sp³-hybridized carbons (Fsp3) is 0.462. The second kappa shape index (κ2) is 6.98. The van der Waals surface area contributed by atoms with Crippen molar-refractivity contribution in [3.05, 3.63) is 33.8 Å². The first-order chi connectivity index (χ1) is 8.43. The van der Waals surface area contributed by atoms with Crippen LogP contribution >= 0.6 is 23.2 Å². The lowest BCUT2D eigenvalue weighted by molar-refractivity contribution is 0.0908. The van der Waals surface area contributed by atoms with Crippen molar-refractivity contribution in [2.45, 2.75) is 26.3 Å². The Morgan fingerprint density at radius 2 is 2.06 bits per heavy atom. The van der Waals surface area contributed by atoms with Crippen LogP contribution in [0.15, 0.2) is 18.2 Å². The lowest BCUT2D eigenvalue weighted by Crippen LogP contribution is -2.38. The van der Waals surface area contributed by atoms with E-state index in [4.69, 9.17) is 23.2 Å². The van der Waals surface area contributed by atoms with Gasteiger partial charge in [0.05, 0.1) is 23.2 Å². The highest BCUT2D eigenvalue weighted by atomic mass is 35.5. The molecule has 100 valence electrons. The molecule has 1 rings (SSSR count). The summed E-state index contributed by atoms with van der Waals surface area (Å²) in [6, 6.07) is 4.45. The molecule has 0 radical (unpaired) electrons. The van der Waals surface area contributed by atoms with Gasteiger partial charge in [-0.05, 0) is 30.5 Å². The zero-order valence-electron chi connectivity index (χ0n) is 10.4. The standard InChI is InChI=1S/C13H17Cl2NO2/c1-8(2)5-10(7-17)16-13(18)11-4-3-9(14)6-12(11)15/h3-4,6,8,10,17H,5,7H2,1-2H3,(H,16,18). The van der Waals surface area contributed by atoms with Crippen LogP contribution in [0.5, 0.6) is 0 Å². The molecule has 2 N–H and O–H groups in total. The predicted octanol–water partition coefficient (Wildman–Crippen LogP) is 3.13. The number of hydrogen-bond donors (Lipinski definition) is 2. The summed E-state index contributed by atoms with van der Waals surface area (Å²) in [6.45, 7) is 3.98. The lowest BCUT2D eigenvalue weighted by atomic mass is 10.0. The fourth-order valence-electron chi connectivity index (χ4n) is 1.68. The SMILES string of the molecule is CC(C)CC(CO)NC(=O)c1ccc(Cl)cc1Cl. The van der Waals surface area contributed by atoms with Crippen molar-refractivity contribution in [2.75, 3.05) is 6.61 Å². The third-order valence-electron chi connectivity index (χ3n) is 2.49. The molecule has 1 amide bonds. The van der Waals surface area contributed by atoms with Gasteiger partial charge in [-0.2, -0.15) is 0 Å². The van der Waals surface area contributed by atoms with Gasteiger partial charge in [0.2, 0.25) is 0 Å². The van der Waals surface area contributed by atoms with Crippen LogP contribution in [0.25, 0.3) is 0 Å². The van der Waals surface area contributed by atoms with Gasteiger partial charge in [-0.3, -0.25) is 4.79 Å². The molecule has 0 heterocycles. The van der Waals surface area contributed by atoms with E-state index >= 15 is 0 Å². The topological polar surface area (TPSA) is 49.3 Å². The zero-order chi connectivity index (χ0) is 13.7. The van der Waals surface area contributed by atoms with Crippen molar-refractivity contribution in [1.82, 2.24) is 5.32 Å². The molecule has 5 heteroatoms. The van der Waals surface area contributed by atoms with Crippen LogP contribution < -0.4 is 5.32 Å². The number of amides is 1. The molecule has 1 aromatic rings. The van der Waals surface area contributed by atoms with Crippen molar-refractivity contribution >= 4 is 29.1 Å². The van der Waals surface area contributed by atoms with E-state index in [9.17, 15) is 9.90 Å². The summed E-state index contributed by atoms with van der Waals surface area (Å²) in [5, 5.41) is 12.8. The van der Waals surface area contributed by atoms with E-state index in [1.54, 1.807) is 12.1 Å². The van der Waals surface area contributed by atoms with Crippen molar-refractivity contribution < 1.29 is 9.90 Å². The van der Waals surface area contributed by atoms with Gasteiger partial charge in [-0.1, -0.05) is 37.0 Å². The molecule has 1 unspecified atom stereocenters. The molecule has 0 aliphatic heterocycles. The van der Waals surface area contributed by atoms with Crippen LogP contribution in [0.3, 0.4) is 0 Å². The van der Waals surface area contributed by atoms with E-state index in [1.165, 1.54) is 6.07 Å². The average Bonchev–Trinajstić information content (AvgIpc) is 2.27. The number of aliphatic hydroxyl groups is 1. The van der Waals surface area contributed by atoms with Crippen LogP contribution in [0.2, 0.25) is 10.0 Å². The minimum atomic E-state index is -0.295. The molecule has 18 heavy (non-hydrogen) atoms. The molecule has 0 aliphatic carbocycles. The molecule has 0 aliphatic rings. The highest BCUT2D eigenvalue weighted by molar-refractivity contribution is 6.36. The van der Waals surface area contributed by atoms with Crippen molar-refractivity contribution in [2.24, 2.45) is 5.92 Å². The first-order valence-corrected chi connectivity index (χ1v) is 6.56. The summed E-state index contributed by atoms with van der Waals surface area (Å²) in [4.78, 5) is 12.0. The van der Waals surface area contributed by atoms with E-state index in [2.05, 4.69) is 5.32 Å². The summed E-state index contributed by atoms with van der Waals surface area (Å²) in [6.07, 6.45) is 0.716. The summed E-state index contributed by atoms with van der Waals surface area (Å²) in [5.41, 5.74) is 0.364. The smallest absolute Gasteiger partial charge is 0.253 e. The Bertz CT molecular complexity index is 421. The van der Waals surface area contributed by atoms with Crippen molar-refractivity contribution in [3.63, 3.8) is 0 Å². The van der Waals surface area contributed by atoms with E-state index in [0.29, 0.717) is 27.9 Å². The maximum Gasteiger partial charge on any atom is 0.253 e. The lowest BCUT2D eigenvalue weighted by Gasteiger charge is -2.18. The Morgan fingerprint density at radius 1 is 1.39 bits per heavy atom. The van der Waals surface area contributed by atoms with E-state index in [-0.39, 0.29) is 18.6 Å². The average molecular weight is 290 g/mol. The maximum atomic E-state index is 12.0. The molecule has 0 bridgehead atoms. The third-order valence-corrected chi connectivity index (χ3v) is 3.04. The molecule has 1 atom stereocenters. The minimum Gasteiger partial charge on any atom is -0.394 e. The molecule has 0 fully saturated rings. The molecule has 0 aromatic heterocycles. The Morgan fingerprint density at radius 3 is 2.56 bits per heavy atom. The number of carbonyl (C=O) groups excluding carboxylic acids is 1. The van der Waals surface area contributed by atoms with Gasteiger partial charge < -0.3 is 10.4 Å². The minimum absolute atomic E-state index is 0.0882. The summed E-state index contributed by atoms with van der Waals surface area (Å²) in [5.74, 6) is 0.0968. The van der Waals surface area contributed by atoms with Crippen LogP contribution in [0.1, 0.15) is 30.6 Å². The van der Waals surface area contributed by atoms with Gasteiger partial charge in [-0.25, -0.2) is 0 Å². The Hall–Kier alpha value is -0.770. The summed E-state index contributed by atoms with van der Waals surface area (Å²) in [7, 11) is 0. The molecule has 3 nitrogen and oxygen atoms in total. The molecule has 1 aromatic carbocycles. The predicted molar refractivity (Wildman–Crippen MR) is 74.3 cm³/mol. The number of rotatable bonds is 5. The molecular formula is C13H17Cl2NO2. The van der Waals surface area contributed by atoms with E-state index < -0.39 is 0 Å². The summed E-state index contributed by atoms with van der Waals surface area (Å²) >= 11 is 11.7. The molecule has 0 saturated heterocycles. The molecular weight excluding hydrogens is 273 g/mol. The first-order valence-electron chi connectivity index (χ1n) is 5.80. The Kier molecular flexibility index (Phi) is 5.93. The largest absolute Gasteiger partial charge is 0.394 e. The van der Waals surface area contributed by atoms with Gasteiger partial charge in [0.15, 0.2) is 0 Å². The first kappa shape index (κ1) is 15.3. The summed E-state index contributed by atoms with van der Waals surface area (Å²) < 4.78 is 0. The van der Waals surface area contributed by atoms with Crippen LogP contribution in [-0.4, -0.2) is 23.7 Å². The normalized spacial score (nSPS) is 12.6. The highest BCUT2D eigenvalue weighted by Crippen LogP contribution is 2.21. The van der Waals surface area contributed by atoms with Gasteiger partial charge in [0, 0.05) is 5.02 Å². The van der Waals surface area contributed by atoms with Crippen LogP contribution in [0.4, 0.5) is 0 Å². The van der Waals surface area contributed by atoms with Crippen LogP contribution in [-0.2, 0) is 0 Å². The molecule has 0 saturated carbocycles. The Balaban J connectivity index is 2.74. The van der Waals surface area contributed by atoms with Gasteiger partial charge in [-0.15, -0.1) is 0 Å². The fourth-order valence-corrected chi connectivity index (χ4v) is 2.18. The number of hydrogen-bond acceptors (Lipinski definition) is 2. The Labute approximate surface area is 117 Å². The number of aliphatic hydroxyl groups excluding tert-OH is 1. The highest BCUT2D eigenvalue weighted by Gasteiger charge is 2.16. The van der Waals surface area contributed by atoms with Crippen molar-refractivity contribution in [3.8, 4) is 0 Å². The number of carbonyl (C=O) groups is 1. The number of nitrogens with one attached hydrogen (secondary N) is 1. The monoisotopic (exact) mass is 289 g/mol. The second-order valence-corrected chi connectivity index (χ2v) is 5.45. The van der Waals surface area contributed by atoms with Gasteiger partial charge in [0.25, 0.3) is 5.91 Å². The zero-order valence-corrected chi connectivity index (χ0v) is 11.9. The number of benzene rings is 1. The van der Waals surface area contributed by atoms with E-state index in [0.717, 1.165) is 0 Å². The number of halogens is 2. The quantitative estimate of drug-likeness (QED) is 0.875. The third kappa shape index (κ3) is 4.48. The van der Waals surface area contributed by atoms with E-state index in [1.807, 2.05) is 13.8 Å². The molecule has 0 spiro atoms. The van der Waals surface area contributed by atoms with Crippen LogP contribution in [0, 0.1) is 5.92 Å². The van der Waals surface area contributed by atoms with Gasteiger partial charge in [0.1, 0.15) is 0 Å². The second-order valence-electron chi connectivity index (χ2n) is 4.61. The van der Waals surface area contributed by atoms with Gasteiger partial charge >= 0.3 is 0 Å². The van der Waals surface area contributed by atoms with Crippen molar-refractivity contribution in [1.29, 1.82) is 0 Å².